The van der Waals surface area contributed by atoms with Gasteiger partial charge in [-0.1, -0.05) is 0 Å². The highest BCUT2D eigenvalue weighted by Crippen LogP contribution is 2.42. The second kappa shape index (κ2) is 7.82. The van der Waals surface area contributed by atoms with Crippen molar-refractivity contribution in [2.45, 2.75) is 6.42 Å². The number of ether oxygens (including phenoxy) is 4. The lowest BCUT2D eigenvalue weighted by molar-refractivity contribution is -0.139. The van der Waals surface area contributed by atoms with E-state index >= 15 is 0 Å². The van der Waals surface area contributed by atoms with Gasteiger partial charge in [0.2, 0.25) is 17.6 Å². The van der Waals surface area contributed by atoms with Crippen molar-refractivity contribution in [2.75, 3.05) is 59.1 Å². The minimum Gasteiger partial charge on any atom is -0.493 e. The highest BCUT2D eigenvalue weighted by Gasteiger charge is 2.38. The predicted octanol–water partition coefficient (Wildman–Crippen LogP) is 0.924. The van der Waals surface area contributed by atoms with E-state index in [2.05, 4.69) is 0 Å². The first kappa shape index (κ1) is 18.3. The van der Waals surface area contributed by atoms with Crippen LogP contribution in [-0.4, -0.2) is 70.9 Å². The molecule has 2 heterocycles. The Kier molecular flexibility index (Phi) is 5.51. The van der Waals surface area contributed by atoms with Gasteiger partial charge in [-0.25, -0.2) is 0 Å². The summed E-state index contributed by atoms with van der Waals surface area (Å²) in [6.07, 6.45) is 0.201. The lowest BCUT2D eigenvalue weighted by Gasteiger charge is -2.29. The van der Waals surface area contributed by atoms with Crippen molar-refractivity contribution in [3.63, 3.8) is 0 Å². The molecule has 8 heteroatoms. The molecule has 0 bridgehead atoms. The molecule has 2 saturated heterocycles. The molecule has 8 nitrogen and oxygen atoms in total. The van der Waals surface area contributed by atoms with Crippen LogP contribution in [0.1, 0.15) is 6.42 Å². The molecule has 0 spiro atoms. The molecule has 3 rings (SSSR count). The van der Waals surface area contributed by atoms with E-state index in [1.807, 2.05) is 0 Å². The number of methoxy groups -OCH3 is 3. The van der Waals surface area contributed by atoms with Crippen LogP contribution in [0, 0.1) is 5.92 Å². The Hall–Kier alpha value is -2.48. The Labute approximate surface area is 152 Å². The normalized spacial score (nSPS) is 20.3. The number of anilines is 1. The largest absolute Gasteiger partial charge is 0.493 e. The monoisotopic (exact) mass is 364 g/mol. The highest BCUT2D eigenvalue weighted by atomic mass is 16.5. The van der Waals surface area contributed by atoms with Crippen LogP contribution < -0.4 is 19.1 Å². The average molecular weight is 364 g/mol. The van der Waals surface area contributed by atoms with Gasteiger partial charge in [0.1, 0.15) is 0 Å². The number of morpholine rings is 1. The summed E-state index contributed by atoms with van der Waals surface area (Å²) < 4.78 is 21.3. The highest BCUT2D eigenvalue weighted by molar-refractivity contribution is 6.00. The van der Waals surface area contributed by atoms with E-state index in [9.17, 15) is 9.59 Å². The number of benzene rings is 1. The summed E-state index contributed by atoms with van der Waals surface area (Å²) >= 11 is 0. The minimum atomic E-state index is -0.348. The quantitative estimate of drug-likeness (QED) is 0.773. The van der Waals surface area contributed by atoms with E-state index in [0.717, 1.165) is 0 Å². The SMILES string of the molecule is COc1cc(N2C[C@H](C(=O)N3CCOCC3)CC2=O)cc(OC)c1OC. The van der Waals surface area contributed by atoms with Crippen LogP contribution in [0.25, 0.3) is 0 Å². The van der Waals surface area contributed by atoms with Gasteiger partial charge in [0.15, 0.2) is 11.5 Å². The average Bonchev–Trinajstić information content (AvgIpc) is 3.08. The van der Waals surface area contributed by atoms with Crippen LogP contribution >= 0.6 is 0 Å². The fourth-order valence-electron chi connectivity index (χ4n) is 3.39. The maximum atomic E-state index is 12.7. The predicted molar refractivity (Wildman–Crippen MR) is 94.0 cm³/mol. The number of amides is 2. The van der Waals surface area contributed by atoms with Crippen molar-refractivity contribution in [1.29, 1.82) is 0 Å². The van der Waals surface area contributed by atoms with Gasteiger partial charge >= 0.3 is 0 Å². The van der Waals surface area contributed by atoms with Crippen molar-refractivity contribution in [2.24, 2.45) is 5.92 Å². The van der Waals surface area contributed by atoms with E-state index in [1.165, 1.54) is 21.3 Å². The molecule has 2 fully saturated rings. The van der Waals surface area contributed by atoms with Crippen molar-refractivity contribution < 1.29 is 28.5 Å². The van der Waals surface area contributed by atoms with Crippen LogP contribution in [0.3, 0.4) is 0 Å². The maximum absolute atomic E-state index is 12.7. The van der Waals surface area contributed by atoms with Gasteiger partial charge in [0.25, 0.3) is 0 Å². The van der Waals surface area contributed by atoms with Gasteiger partial charge in [-0.05, 0) is 0 Å². The first-order valence-corrected chi connectivity index (χ1v) is 8.56. The van der Waals surface area contributed by atoms with Crippen molar-refractivity contribution in [1.82, 2.24) is 4.90 Å². The second-order valence-corrected chi connectivity index (χ2v) is 6.23. The Balaban J connectivity index is 1.81. The summed E-state index contributed by atoms with van der Waals surface area (Å²) in [7, 11) is 4.58. The van der Waals surface area contributed by atoms with Crippen LogP contribution in [0.4, 0.5) is 5.69 Å². The van der Waals surface area contributed by atoms with Gasteiger partial charge in [0, 0.05) is 38.2 Å². The van der Waals surface area contributed by atoms with Crippen molar-refractivity contribution >= 4 is 17.5 Å². The molecule has 2 amide bonds. The smallest absolute Gasteiger partial charge is 0.228 e. The number of nitrogens with zero attached hydrogens (tertiary/aromatic N) is 2. The summed E-state index contributed by atoms with van der Waals surface area (Å²) in [4.78, 5) is 28.6. The van der Waals surface area contributed by atoms with Crippen molar-refractivity contribution in [3.8, 4) is 17.2 Å². The summed E-state index contributed by atoms with van der Waals surface area (Å²) in [6, 6.07) is 3.45. The third kappa shape index (κ3) is 3.41. The van der Waals surface area contributed by atoms with E-state index in [-0.39, 0.29) is 24.2 Å². The molecule has 26 heavy (non-hydrogen) atoms. The molecule has 1 aromatic rings. The Morgan fingerprint density at radius 3 is 2.23 bits per heavy atom. The fourth-order valence-corrected chi connectivity index (χ4v) is 3.39. The molecule has 2 aliphatic heterocycles. The first-order valence-electron chi connectivity index (χ1n) is 8.56. The molecular formula is C18H24N2O6. The van der Waals surface area contributed by atoms with Gasteiger partial charge < -0.3 is 28.7 Å². The van der Waals surface area contributed by atoms with Crippen molar-refractivity contribution in [3.05, 3.63) is 12.1 Å². The Bertz CT molecular complexity index is 661. The third-order valence-corrected chi connectivity index (χ3v) is 4.76. The van der Waals surface area contributed by atoms with E-state index in [4.69, 9.17) is 18.9 Å². The third-order valence-electron chi connectivity index (χ3n) is 4.76. The molecule has 1 aromatic carbocycles. The first-order chi connectivity index (χ1) is 12.6. The second-order valence-electron chi connectivity index (χ2n) is 6.23. The molecule has 0 radical (unpaired) electrons. The Morgan fingerprint density at radius 1 is 1.08 bits per heavy atom. The summed E-state index contributed by atoms with van der Waals surface area (Å²) in [5.74, 6) is 0.976. The zero-order valence-electron chi connectivity index (χ0n) is 15.3. The topological polar surface area (TPSA) is 77.5 Å². The standard InChI is InChI=1S/C18H24N2O6/c1-23-14-9-13(10-15(24-2)17(14)25-3)20-11-12(8-16(20)21)18(22)19-4-6-26-7-5-19/h9-10,12H,4-8,11H2,1-3H3/t12-/m1/s1. The molecule has 1 atom stereocenters. The van der Waals surface area contributed by atoms with E-state index in [1.54, 1.807) is 21.9 Å². The van der Waals surface area contributed by atoms with E-state index in [0.29, 0.717) is 55.8 Å². The molecule has 0 aromatic heterocycles. The number of carbonyl (C=O) groups excluding carboxylic acids is 2. The number of hydrogen-bond donors (Lipinski definition) is 0. The number of carbonyl (C=O) groups is 2. The van der Waals surface area contributed by atoms with Crippen LogP contribution in [0.15, 0.2) is 12.1 Å². The molecule has 0 saturated carbocycles. The van der Waals surface area contributed by atoms with Gasteiger partial charge in [-0.2, -0.15) is 0 Å². The Morgan fingerprint density at radius 2 is 1.69 bits per heavy atom. The molecule has 0 unspecified atom stereocenters. The number of rotatable bonds is 5. The van der Waals surface area contributed by atoms with Crippen LogP contribution in [-0.2, 0) is 14.3 Å². The van der Waals surface area contributed by atoms with E-state index < -0.39 is 0 Å². The lowest BCUT2D eigenvalue weighted by Crippen LogP contribution is -2.44. The van der Waals surface area contributed by atoms with Gasteiger partial charge in [0.05, 0.1) is 46.1 Å². The fraction of sp³-hybridized carbons (Fsp3) is 0.556. The van der Waals surface area contributed by atoms with Gasteiger partial charge in [-0.3, -0.25) is 9.59 Å². The number of hydrogen-bond acceptors (Lipinski definition) is 6. The molecular weight excluding hydrogens is 340 g/mol. The zero-order chi connectivity index (χ0) is 18.7. The minimum absolute atomic E-state index is 0.0107. The van der Waals surface area contributed by atoms with Gasteiger partial charge in [-0.15, -0.1) is 0 Å². The maximum Gasteiger partial charge on any atom is 0.228 e. The van der Waals surface area contributed by atoms with Crippen LogP contribution in [0.2, 0.25) is 0 Å². The summed E-state index contributed by atoms with van der Waals surface area (Å²) in [6.45, 7) is 2.58. The summed E-state index contributed by atoms with van der Waals surface area (Å²) in [5, 5.41) is 0. The summed E-state index contributed by atoms with van der Waals surface area (Å²) in [5.41, 5.74) is 0.627. The van der Waals surface area contributed by atoms with Crippen LogP contribution in [0.5, 0.6) is 17.2 Å². The lowest BCUT2D eigenvalue weighted by atomic mass is 10.1. The molecule has 2 aliphatic rings. The molecule has 0 N–H and O–H groups in total. The molecule has 0 aliphatic carbocycles. The zero-order valence-corrected chi connectivity index (χ0v) is 15.3. The molecule has 142 valence electrons.